The molecule has 0 aliphatic heterocycles. The van der Waals surface area contributed by atoms with E-state index in [0.29, 0.717) is 12.2 Å². The number of hydrogen-bond donors (Lipinski definition) is 1. The van der Waals surface area contributed by atoms with Crippen LogP contribution in [-0.4, -0.2) is 18.7 Å². The molecule has 0 heterocycles. The summed E-state index contributed by atoms with van der Waals surface area (Å²) < 4.78 is 6.80. The second-order valence-corrected chi connectivity index (χ2v) is 6.93. The fourth-order valence-electron chi connectivity index (χ4n) is 2.24. The first-order valence-electron chi connectivity index (χ1n) is 8.51. The minimum atomic E-state index is -0.239. The van der Waals surface area contributed by atoms with E-state index in [2.05, 4.69) is 40.0 Å². The van der Waals surface area contributed by atoms with Gasteiger partial charge in [0.25, 0.3) is 5.91 Å². The average Bonchev–Trinajstić information content (AvgIpc) is 2.62. The monoisotopic (exact) mass is 450 g/mol. The van der Waals surface area contributed by atoms with Gasteiger partial charge in [0.05, 0.1) is 12.8 Å². The van der Waals surface area contributed by atoms with Gasteiger partial charge < -0.3 is 4.74 Å². The van der Waals surface area contributed by atoms with Gasteiger partial charge in [-0.05, 0) is 71.0 Å². The average molecular weight is 450 g/mol. The van der Waals surface area contributed by atoms with Gasteiger partial charge in [0.2, 0.25) is 0 Å². The lowest BCUT2D eigenvalue weighted by molar-refractivity contribution is 0.0955. The van der Waals surface area contributed by atoms with Crippen molar-refractivity contribution in [1.82, 2.24) is 5.43 Å². The quantitative estimate of drug-likeness (QED) is 0.253. The highest BCUT2D eigenvalue weighted by atomic mass is 127. The first kappa shape index (κ1) is 19.4. The van der Waals surface area contributed by atoms with E-state index in [-0.39, 0.29) is 5.91 Å². The third-order valence-electron chi connectivity index (χ3n) is 3.61. The molecule has 0 atom stereocenters. The van der Waals surface area contributed by atoms with Crippen LogP contribution in [0.5, 0.6) is 5.75 Å². The Morgan fingerprint density at radius 1 is 1.16 bits per heavy atom. The number of unbranched alkanes of at least 4 members (excludes halogenated alkanes) is 3. The zero-order valence-electron chi connectivity index (χ0n) is 14.4. The molecule has 2 rings (SSSR count). The summed E-state index contributed by atoms with van der Waals surface area (Å²) in [7, 11) is 0. The lowest BCUT2D eigenvalue weighted by Gasteiger charge is -2.06. The highest BCUT2D eigenvalue weighted by Gasteiger charge is 2.04. The maximum atomic E-state index is 12.1. The summed E-state index contributed by atoms with van der Waals surface area (Å²) in [6.07, 6.45) is 6.34. The number of amides is 1. The fourth-order valence-corrected chi connectivity index (χ4v) is 2.81. The van der Waals surface area contributed by atoms with E-state index >= 15 is 0 Å². The Morgan fingerprint density at radius 2 is 1.96 bits per heavy atom. The van der Waals surface area contributed by atoms with Crippen LogP contribution in [0.25, 0.3) is 0 Å². The lowest BCUT2D eigenvalue weighted by Crippen LogP contribution is -2.17. The van der Waals surface area contributed by atoms with Crippen LogP contribution in [0.1, 0.15) is 48.5 Å². The topological polar surface area (TPSA) is 50.7 Å². The van der Waals surface area contributed by atoms with Gasteiger partial charge in [0.1, 0.15) is 5.75 Å². The number of hydrazone groups is 1. The fraction of sp³-hybridized carbons (Fsp3) is 0.300. The number of benzene rings is 2. The van der Waals surface area contributed by atoms with Gasteiger partial charge >= 0.3 is 0 Å². The van der Waals surface area contributed by atoms with E-state index in [1.807, 2.05) is 36.4 Å². The molecule has 0 spiro atoms. The van der Waals surface area contributed by atoms with Crippen molar-refractivity contribution in [3.63, 3.8) is 0 Å². The summed E-state index contributed by atoms with van der Waals surface area (Å²) in [6, 6.07) is 15.0. The molecular weight excluding hydrogens is 427 g/mol. The minimum Gasteiger partial charge on any atom is -0.494 e. The molecule has 0 saturated heterocycles. The molecular formula is C20H23IN2O2. The third-order valence-corrected chi connectivity index (χ3v) is 4.28. The van der Waals surface area contributed by atoms with Crippen molar-refractivity contribution in [1.29, 1.82) is 0 Å². The molecule has 0 aromatic heterocycles. The van der Waals surface area contributed by atoms with Gasteiger partial charge in [0, 0.05) is 9.13 Å². The molecule has 1 N–H and O–H groups in total. The van der Waals surface area contributed by atoms with Gasteiger partial charge in [-0.25, -0.2) is 5.43 Å². The molecule has 4 nitrogen and oxygen atoms in total. The zero-order valence-corrected chi connectivity index (χ0v) is 16.5. The van der Waals surface area contributed by atoms with E-state index < -0.39 is 0 Å². The van der Waals surface area contributed by atoms with Crippen LogP contribution in [0.3, 0.4) is 0 Å². The van der Waals surface area contributed by atoms with Crippen molar-refractivity contribution >= 4 is 34.7 Å². The Morgan fingerprint density at radius 3 is 2.68 bits per heavy atom. The lowest BCUT2D eigenvalue weighted by atomic mass is 10.2. The summed E-state index contributed by atoms with van der Waals surface area (Å²) >= 11 is 2.24. The van der Waals surface area contributed by atoms with E-state index in [1.54, 1.807) is 18.3 Å². The number of carbonyl (C=O) groups excluding carboxylic acids is 1. The minimum absolute atomic E-state index is 0.239. The van der Waals surface area contributed by atoms with Crippen LogP contribution in [0, 0.1) is 3.57 Å². The van der Waals surface area contributed by atoms with Gasteiger partial charge in [-0.3, -0.25) is 4.79 Å². The number of nitrogens with zero attached hydrogens (tertiary/aromatic N) is 1. The maximum Gasteiger partial charge on any atom is 0.271 e. The van der Waals surface area contributed by atoms with Crippen molar-refractivity contribution in [3.8, 4) is 5.75 Å². The van der Waals surface area contributed by atoms with Crippen LogP contribution in [0.15, 0.2) is 53.6 Å². The summed E-state index contributed by atoms with van der Waals surface area (Å²) in [5, 5.41) is 4.00. The van der Waals surface area contributed by atoms with Crippen LogP contribution in [0.2, 0.25) is 0 Å². The molecule has 0 bridgehead atoms. The van der Waals surface area contributed by atoms with E-state index in [0.717, 1.165) is 21.3 Å². The Labute approximate surface area is 162 Å². The molecule has 2 aromatic carbocycles. The van der Waals surface area contributed by atoms with E-state index in [4.69, 9.17) is 4.74 Å². The molecule has 0 aliphatic carbocycles. The predicted molar refractivity (Wildman–Crippen MR) is 110 cm³/mol. The number of rotatable bonds is 9. The van der Waals surface area contributed by atoms with Crippen molar-refractivity contribution in [2.45, 2.75) is 32.6 Å². The Hall–Kier alpha value is -1.89. The second kappa shape index (κ2) is 10.9. The van der Waals surface area contributed by atoms with Crippen molar-refractivity contribution in [3.05, 3.63) is 63.2 Å². The van der Waals surface area contributed by atoms with Crippen LogP contribution in [-0.2, 0) is 0 Å². The van der Waals surface area contributed by atoms with E-state index in [1.165, 1.54) is 19.3 Å². The number of nitrogens with one attached hydrogen (secondary N) is 1. The van der Waals surface area contributed by atoms with Crippen LogP contribution >= 0.6 is 22.6 Å². The molecule has 2 aromatic rings. The number of hydrogen-bond acceptors (Lipinski definition) is 3. The van der Waals surface area contributed by atoms with Gasteiger partial charge in [0.15, 0.2) is 0 Å². The predicted octanol–water partition coefficient (Wildman–Crippen LogP) is 5.01. The first-order chi connectivity index (χ1) is 12.2. The molecule has 1 amide bonds. The Balaban J connectivity index is 1.79. The number of carbonyl (C=O) groups is 1. The van der Waals surface area contributed by atoms with Gasteiger partial charge in [-0.1, -0.05) is 38.3 Å². The molecule has 0 unspecified atom stereocenters. The second-order valence-electron chi connectivity index (χ2n) is 5.69. The highest BCUT2D eigenvalue weighted by molar-refractivity contribution is 14.1. The molecule has 5 heteroatoms. The molecule has 0 saturated carbocycles. The summed E-state index contributed by atoms with van der Waals surface area (Å²) in [4.78, 5) is 12.1. The number of halogens is 1. The largest absolute Gasteiger partial charge is 0.494 e. The SMILES string of the molecule is CCCCCCOc1ccc(C(=O)N/N=C/c2cccc(I)c2)cc1. The molecule has 132 valence electrons. The van der Waals surface area contributed by atoms with E-state index in [9.17, 15) is 4.79 Å². The molecule has 25 heavy (non-hydrogen) atoms. The number of ether oxygens (including phenoxy) is 1. The molecule has 0 aliphatic rings. The van der Waals surface area contributed by atoms with Crippen molar-refractivity contribution in [2.75, 3.05) is 6.61 Å². The van der Waals surface area contributed by atoms with Crippen LogP contribution < -0.4 is 10.2 Å². The van der Waals surface area contributed by atoms with Crippen molar-refractivity contribution < 1.29 is 9.53 Å². The first-order valence-corrected chi connectivity index (χ1v) is 9.58. The summed E-state index contributed by atoms with van der Waals surface area (Å²) in [5.74, 6) is 0.548. The van der Waals surface area contributed by atoms with Gasteiger partial charge in [-0.2, -0.15) is 5.10 Å². The molecule has 0 radical (unpaired) electrons. The Kier molecular flexibility index (Phi) is 8.45. The van der Waals surface area contributed by atoms with Gasteiger partial charge in [-0.15, -0.1) is 0 Å². The standard InChI is InChI=1S/C20H23IN2O2/c1-2-3-4-5-13-25-19-11-9-17(10-12-19)20(24)23-22-15-16-7-6-8-18(21)14-16/h6-12,14-15H,2-5,13H2,1H3,(H,23,24)/b22-15+. The highest BCUT2D eigenvalue weighted by Crippen LogP contribution is 2.13. The normalized spacial score (nSPS) is 10.8. The Bertz CT molecular complexity index is 699. The summed E-state index contributed by atoms with van der Waals surface area (Å²) in [6.45, 7) is 2.90. The maximum absolute atomic E-state index is 12.1. The summed E-state index contributed by atoms with van der Waals surface area (Å²) in [5.41, 5.74) is 4.04. The third kappa shape index (κ3) is 7.25. The van der Waals surface area contributed by atoms with Crippen LogP contribution in [0.4, 0.5) is 0 Å². The zero-order chi connectivity index (χ0) is 17.9. The molecule has 0 fully saturated rings. The smallest absolute Gasteiger partial charge is 0.271 e. The van der Waals surface area contributed by atoms with Crippen molar-refractivity contribution in [2.24, 2.45) is 5.10 Å².